The molecule has 0 atom stereocenters. The van der Waals surface area contributed by atoms with E-state index in [0.717, 1.165) is 23.0 Å². The van der Waals surface area contributed by atoms with Gasteiger partial charge in [-0.15, -0.1) is 11.3 Å². The number of anilines is 3. The summed E-state index contributed by atoms with van der Waals surface area (Å²) in [6.45, 7) is 0. The molecule has 1 amide bonds. The average Bonchev–Trinajstić information content (AvgIpc) is 3.01. The second-order valence-corrected chi connectivity index (χ2v) is 6.54. The maximum absolute atomic E-state index is 12.0. The normalized spacial score (nSPS) is 10.5. The van der Waals surface area contributed by atoms with Crippen LogP contribution in [0.1, 0.15) is 0 Å². The molecule has 0 fully saturated rings. The van der Waals surface area contributed by atoms with Gasteiger partial charge in [0.05, 0.1) is 11.4 Å². The first-order valence-electron chi connectivity index (χ1n) is 6.94. The molecule has 9 heteroatoms. The lowest BCUT2D eigenvalue weighted by Gasteiger charge is -2.03. The number of hydrogen-bond donors (Lipinski definition) is 3. The zero-order valence-electron chi connectivity index (χ0n) is 12.5. The van der Waals surface area contributed by atoms with Crippen LogP contribution in [0.3, 0.4) is 0 Å². The van der Waals surface area contributed by atoms with Crippen LogP contribution in [-0.4, -0.2) is 26.6 Å². The fourth-order valence-corrected chi connectivity index (χ4v) is 3.29. The van der Waals surface area contributed by atoms with Crippen molar-refractivity contribution in [2.75, 3.05) is 22.5 Å². The Morgan fingerprint density at radius 1 is 1.12 bits per heavy atom. The Bertz CT molecular complexity index is 832. The van der Waals surface area contributed by atoms with Crippen molar-refractivity contribution in [3.63, 3.8) is 0 Å². The van der Waals surface area contributed by atoms with Crippen LogP contribution in [-0.2, 0) is 4.79 Å². The third-order valence-corrected chi connectivity index (χ3v) is 4.50. The van der Waals surface area contributed by atoms with Gasteiger partial charge in [0.15, 0.2) is 10.3 Å². The lowest BCUT2D eigenvalue weighted by atomic mass is 10.2. The SMILES string of the molecule is Nc1cc(N)nc(SCC(=O)Nc2nc(-c3ccccc3)cs2)n1. The molecule has 122 valence electrons. The van der Waals surface area contributed by atoms with E-state index in [9.17, 15) is 4.79 Å². The highest BCUT2D eigenvalue weighted by molar-refractivity contribution is 7.99. The predicted octanol–water partition coefficient (Wildman–Crippen LogP) is 2.50. The van der Waals surface area contributed by atoms with E-state index in [1.54, 1.807) is 0 Å². The van der Waals surface area contributed by atoms with Gasteiger partial charge in [0.25, 0.3) is 0 Å². The Balaban J connectivity index is 1.58. The minimum absolute atomic E-state index is 0.142. The topological polar surface area (TPSA) is 120 Å². The van der Waals surface area contributed by atoms with Crippen molar-refractivity contribution in [1.82, 2.24) is 15.0 Å². The third kappa shape index (κ3) is 4.21. The van der Waals surface area contributed by atoms with Gasteiger partial charge in [-0.05, 0) is 0 Å². The number of nitrogens with two attached hydrogens (primary N) is 2. The molecule has 3 rings (SSSR count). The number of benzene rings is 1. The molecular weight excluding hydrogens is 344 g/mol. The van der Waals surface area contributed by atoms with Gasteiger partial charge in [-0.25, -0.2) is 15.0 Å². The summed E-state index contributed by atoms with van der Waals surface area (Å²) in [6.07, 6.45) is 0. The van der Waals surface area contributed by atoms with Gasteiger partial charge in [-0.1, -0.05) is 42.1 Å². The zero-order valence-corrected chi connectivity index (χ0v) is 14.1. The summed E-state index contributed by atoms with van der Waals surface area (Å²) in [7, 11) is 0. The highest BCUT2D eigenvalue weighted by Crippen LogP contribution is 2.25. The summed E-state index contributed by atoms with van der Waals surface area (Å²) in [5.74, 6) is 0.498. The first-order chi connectivity index (χ1) is 11.6. The molecule has 2 heterocycles. The van der Waals surface area contributed by atoms with Crippen molar-refractivity contribution in [3.8, 4) is 11.3 Å². The Morgan fingerprint density at radius 2 is 1.83 bits per heavy atom. The van der Waals surface area contributed by atoms with Gasteiger partial charge < -0.3 is 16.8 Å². The molecule has 0 aliphatic rings. The van der Waals surface area contributed by atoms with Crippen LogP contribution >= 0.6 is 23.1 Å². The van der Waals surface area contributed by atoms with Crippen LogP contribution in [0.2, 0.25) is 0 Å². The molecule has 0 unspecified atom stereocenters. The number of hydrogen-bond acceptors (Lipinski definition) is 8. The monoisotopic (exact) mass is 358 g/mol. The number of thiazole rings is 1. The third-order valence-electron chi connectivity index (χ3n) is 2.90. The maximum Gasteiger partial charge on any atom is 0.236 e. The summed E-state index contributed by atoms with van der Waals surface area (Å²) in [5.41, 5.74) is 13.0. The predicted molar refractivity (Wildman–Crippen MR) is 97.8 cm³/mol. The first-order valence-corrected chi connectivity index (χ1v) is 8.80. The molecule has 2 aromatic heterocycles. The number of nitrogen functional groups attached to an aromatic ring is 2. The summed E-state index contributed by atoms with van der Waals surface area (Å²) >= 11 is 2.54. The average molecular weight is 358 g/mol. The van der Waals surface area contributed by atoms with Crippen LogP contribution in [0.5, 0.6) is 0 Å². The van der Waals surface area contributed by atoms with Gasteiger partial charge in [0, 0.05) is 17.0 Å². The molecule has 0 saturated heterocycles. The highest BCUT2D eigenvalue weighted by atomic mass is 32.2. The number of amides is 1. The molecule has 0 spiro atoms. The molecule has 1 aromatic carbocycles. The lowest BCUT2D eigenvalue weighted by molar-refractivity contribution is -0.113. The number of carbonyl (C=O) groups is 1. The minimum Gasteiger partial charge on any atom is -0.383 e. The molecule has 3 aromatic rings. The van der Waals surface area contributed by atoms with Gasteiger partial charge in [0.1, 0.15) is 11.6 Å². The number of aromatic nitrogens is 3. The van der Waals surface area contributed by atoms with Crippen LogP contribution in [0.15, 0.2) is 46.9 Å². The maximum atomic E-state index is 12.0. The molecule has 0 aliphatic heterocycles. The molecule has 0 radical (unpaired) electrons. The molecule has 5 N–H and O–H groups in total. The number of carbonyl (C=O) groups excluding carboxylic acids is 1. The van der Waals surface area contributed by atoms with Crippen molar-refractivity contribution < 1.29 is 4.79 Å². The van der Waals surface area contributed by atoms with Crippen molar-refractivity contribution in [1.29, 1.82) is 0 Å². The van der Waals surface area contributed by atoms with Crippen LogP contribution in [0.4, 0.5) is 16.8 Å². The van der Waals surface area contributed by atoms with Crippen molar-refractivity contribution in [2.45, 2.75) is 5.16 Å². The number of rotatable bonds is 5. The fourth-order valence-electron chi connectivity index (χ4n) is 1.88. The van der Waals surface area contributed by atoms with Gasteiger partial charge in [0.2, 0.25) is 5.91 Å². The Hall–Kier alpha value is -2.65. The fraction of sp³-hybridized carbons (Fsp3) is 0.0667. The smallest absolute Gasteiger partial charge is 0.236 e. The first kappa shape index (κ1) is 16.2. The van der Waals surface area contributed by atoms with Gasteiger partial charge >= 0.3 is 0 Å². The molecule has 0 saturated carbocycles. The molecular formula is C15H14N6OS2. The quantitative estimate of drug-likeness (QED) is 0.473. The van der Waals surface area contributed by atoms with Crippen molar-refractivity contribution >= 4 is 45.8 Å². The summed E-state index contributed by atoms with van der Waals surface area (Å²) in [4.78, 5) is 24.5. The van der Waals surface area contributed by atoms with E-state index < -0.39 is 0 Å². The highest BCUT2D eigenvalue weighted by Gasteiger charge is 2.10. The Morgan fingerprint density at radius 3 is 2.54 bits per heavy atom. The summed E-state index contributed by atoms with van der Waals surface area (Å²) < 4.78 is 0. The molecule has 7 nitrogen and oxygen atoms in total. The van der Waals surface area contributed by atoms with E-state index in [4.69, 9.17) is 11.5 Å². The van der Waals surface area contributed by atoms with Crippen LogP contribution in [0, 0.1) is 0 Å². The van der Waals surface area contributed by atoms with E-state index in [0.29, 0.717) is 10.3 Å². The molecule has 0 bridgehead atoms. The minimum atomic E-state index is -0.196. The van der Waals surface area contributed by atoms with E-state index in [1.807, 2.05) is 35.7 Å². The van der Waals surface area contributed by atoms with Crippen LogP contribution in [0.25, 0.3) is 11.3 Å². The standard InChI is InChI=1S/C15H14N6OS2/c16-11-6-12(17)20-15(19-11)24-8-13(22)21-14-18-10(7-23-14)9-4-2-1-3-5-9/h1-7H,8H2,(H,18,21,22)(H4,16,17,19,20). The second-order valence-electron chi connectivity index (χ2n) is 4.74. The summed E-state index contributed by atoms with van der Waals surface area (Å²) in [6, 6.07) is 11.2. The Kier molecular flexibility index (Phi) is 4.92. The summed E-state index contributed by atoms with van der Waals surface area (Å²) in [5, 5.41) is 5.58. The van der Waals surface area contributed by atoms with Crippen molar-refractivity contribution in [2.24, 2.45) is 0 Å². The van der Waals surface area contributed by atoms with Crippen LogP contribution < -0.4 is 16.8 Å². The second kappa shape index (κ2) is 7.28. The van der Waals surface area contributed by atoms with Crippen molar-refractivity contribution in [3.05, 3.63) is 41.8 Å². The van der Waals surface area contributed by atoms with E-state index >= 15 is 0 Å². The molecule has 0 aliphatic carbocycles. The number of nitrogens with zero attached hydrogens (tertiary/aromatic N) is 3. The number of thioether (sulfide) groups is 1. The molecule has 24 heavy (non-hydrogen) atoms. The van der Waals surface area contributed by atoms with Gasteiger partial charge in [-0.3, -0.25) is 4.79 Å². The van der Waals surface area contributed by atoms with Gasteiger partial charge in [-0.2, -0.15) is 0 Å². The zero-order chi connectivity index (χ0) is 16.9. The Labute approximate surface area is 146 Å². The van der Waals surface area contributed by atoms with E-state index in [2.05, 4.69) is 20.3 Å². The van der Waals surface area contributed by atoms with E-state index in [-0.39, 0.29) is 23.3 Å². The lowest BCUT2D eigenvalue weighted by Crippen LogP contribution is -2.14. The number of nitrogens with one attached hydrogen (secondary N) is 1. The largest absolute Gasteiger partial charge is 0.383 e. The van der Waals surface area contributed by atoms with E-state index in [1.165, 1.54) is 17.4 Å².